The Morgan fingerprint density at radius 2 is 1.81 bits per heavy atom. The Kier molecular flexibility index (Phi) is 3.20. The van der Waals surface area contributed by atoms with E-state index in [1.807, 2.05) is 38.1 Å². The molecule has 1 aliphatic heterocycles. The molecule has 21 heavy (non-hydrogen) atoms. The van der Waals surface area contributed by atoms with Gasteiger partial charge in [0.15, 0.2) is 11.3 Å². The van der Waals surface area contributed by atoms with Crippen LogP contribution in [0.4, 0.5) is 0 Å². The summed E-state index contributed by atoms with van der Waals surface area (Å²) >= 11 is 0. The summed E-state index contributed by atoms with van der Waals surface area (Å²) in [5.41, 5.74) is 2.22. The highest BCUT2D eigenvalue weighted by molar-refractivity contribution is 5.99. The van der Waals surface area contributed by atoms with Crippen molar-refractivity contribution in [2.75, 3.05) is 0 Å². The van der Waals surface area contributed by atoms with Crippen molar-refractivity contribution in [1.82, 2.24) is 0 Å². The molecule has 3 rings (SSSR count). The zero-order chi connectivity index (χ0) is 15.0. The van der Waals surface area contributed by atoms with E-state index in [1.165, 1.54) is 5.56 Å². The van der Waals surface area contributed by atoms with Crippen LogP contribution in [0.15, 0.2) is 54.6 Å². The summed E-state index contributed by atoms with van der Waals surface area (Å²) in [6.07, 6.45) is 0.684. The molecule has 2 aromatic carbocycles. The number of hydrogen-bond donors (Lipinski definition) is 1. The summed E-state index contributed by atoms with van der Waals surface area (Å²) in [6, 6.07) is 17.1. The molecule has 0 radical (unpaired) electrons. The number of benzene rings is 2. The summed E-state index contributed by atoms with van der Waals surface area (Å²) in [5, 5.41) is 22.4. The van der Waals surface area contributed by atoms with Gasteiger partial charge in [-0.2, -0.15) is 0 Å². The van der Waals surface area contributed by atoms with Crippen LogP contribution >= 0.6 is 0 Å². The van der Waals surface area contributed by atoms with Gasteiger partial charge >= 0.3 is 0 Å². The second-order valence-electron chi connectivity index (χ2n) is 6.11. The average Bonchev–Trinajstić information content (AvgIpc) is 2.71. The normalized spacial score (nSPS) is 20.8. The molecule has 3 heteroatoms. The quantitative estimate of drug-likeness (QED) is 0.674. The fourth-order valence-corrected chi connectivity index (χ4v) is 3.15. The van der Waals surface area contributed by atoms with Crippen LogP contribution < -0.4 is 0 Å². The van der Waals surface area contributed by atoms with Crippen LogP contribution in [0.3, 0.4) is 0 Å². The molecule has 3 nitrogen and oxygen atoms in total. The first-order chi connectivity index (χ1) is 10.00. The average molecular weight is 281 g/mol. The van der Waals surface area contributed by atoms with Crippen LogP contribution in [0.1, 0.15) is 37.3 Å². The van der Waals surface area contributed by atoms with E-state index in [-0.39, 0.29) is 11.7 Å². The number of hydrogen-bond acceptors (Lipinski definition) is 2. The lowest BCUT2D eigenvalue weighted by Gasteiger charge is -2.26. The number of phenols is 1. The van der Waals surface area contributed by atoms with Crippen molar-refractivity contribution < 1.29 is 9.85 Å². The van der Waals surface area contributed by atoms with Crippen molar-refractivity contribution >= 4 is 5.71 Å². The van der Waals surface area contributed by atoms with E-state index in [4.69, 9.17) is 0 Å². The van der Waals surface area contributed by atoms with Gasteiger partial charge in [0.1, 0.15) is 5.75 Å². The lowest BCUT2D eigenvalue weighted by molar-refractivity contribution is -0.534. The Labute approximate surface area is 124 Å². The largest absolute Gasteiger partial charge is 0.623 e. The Balaban J connectivity index is 2.03. The molecule has 0 saturated carbocycles. The summed E-state index contributed by atoms with van der Waals surface area (Å²) in [6.45, 7) is 3.96. The van der Waals surface area contributed by atoms with Crippen LogP contribution in [0.25, 0.3) is 0 Å². The maximum Gasteiger partial charge on any atom is 0.195 e. The SMILES string of the molecule is CC1(C)C(c2ccccc2)CC(c2cccc(O)c2)=[N+]1[O-]. The van der Waals surface area contributed by atoms with Gasteiger partial charge in [-0.05, 0) is 23.8 Å². The minimum atomic E-state index is -0.498. The zero-order valence-electron chi connectivity index (χ0n) is 12.3. The molecule has 0 fully saturated rings. The highest BCUT2D eigenvalue weighted by atomic mass is 16.5. The smallest absolute Gasteiger partial charge is 0.195 e. The molecule has 108 valence electrons. The van der Waals surface area contributed by atoms with E-state index in [9.17, 15) is 10.3 Å². The summed E-state index contributed by atoms with van der Waals surface area (Å²) in [4.78, 5) is 0. The number of hydroxylamine groups is 1. The Morgan fingerprint density at radius 1 is 1.10 bits per heavy atom. The second kappa shape index (κ2) is 4.92. The lowest BCUT2D eigenvalue weighted by atomic mass is 9.81. The highest BCUT2D eigenvalue weighted by Crippen LogP contribution is 2.40. The molecule has 0 amide bonds. The van der Waals surface area contributed by atoms with E-state index in [2.05, 4.69) is 12.1 Å². The van der Waals surface area contributed by atoms with Gasteiger partial charge in [-0.25, -0.2) is 4.74 Å². The summed E-state index contributed by atoms with van der Waals surface area (Å²) < 4.78 is 1.11. The monoisotopic (exact) mass is 281 g/mol. The maximum absolute atomic E-state index is 12.7. The van der Waals surface area contributed by atoms with Crippen LogP contribution in [0.2, 0.25) is 0 Å². The predicted molar refractivity (Wildman–Crippen MR) is 83.7 cm³/mol. The molecule has 0 saturated heterocycles. The highest BCUT2D eigenvalue weighted by Gasteiger charge is 2.47. The van der Waals surface area contributed by atoms with Gasteiger partial charge in [-0.1, -0.05) is 36.4 Å². The van der Waals surface area contributed by atoms with E-state index >= 15 is 0 Å². The van der Waals surface area contributed by atoms with Gasteiger partial charge in [0, 0.05) is 25.8 Å². The van der Waals surface area contributed by atoms with Crippen molar-refractivity contribution in [3.05, 3.63) is 70.9 Å². The van der Waals surface area contributed by atoms with Gasteiger partial charge < -0.3 is 10.3 Å². The van der Waals surface area contributed by atoms with E-state index in [1.54, 1.807) is 18.2 Å². The van der Waals surface area contributed by atoms with Crippen LogP contribution in [0, 0.1) is 5.21 Å². The van der Waals surface area contributed by atoms with Gasteiger partial charge in [-0.3, -0.25) is 0 Å². The van der Waals surface area contributed by atoms with Gasteiger partial charge in [0.25, 0.3) is 0 Å². The Morgan fingerprint density at radius 3 is 2.48 bits per heavy atom. The summed E-state index contributed by atoms with van der Waals surface area (Å²) in [5.74, 6) is 0.336. The van der Waals surface area contributed by atoms with Gasteiger partial charge in [0.05, 0.1) is 5.92 Å². The fraction of sp³-hybridized carbons (Fsp3) is 0.278. The van der Waals surface area contributed by atoms with Crippen LogP contribution in [-0.4, -0.2) is 21.1 Å². The van der Waals surface area contributed by atoms with Crippen molar-refractivity contribution in [1.29, 1.82) is 0 Å². The first-order valence-corrected chi connectivity index (χ1v) is 7.17. The van der Waals surface area contributed by atoms with Crippen LogP contribution in [-0.2, 0) is 0 Å². The molecule has 1 N–H and O–H groups in total. The molecule has 1 aliphatic rings. The lowest BCUT2D eigenvalue weighted by Crippen LogP contribution is -2.34. The Hall–Kier alpha value is -2.29. The predicted octanol–water partition coefficient (Wildman–Crippen LogP) is 3.66. The fourth-order valence-electron chi connectivity index (χ4n) is 3.15. The second-order valence-corrected chi connectivity index (χ2v) is 6.11. The molecule has 0 bridgehead atoms. The minimum Gasteiger partial charge on any atom is -0.623 e. The van der Waals surface area contributed by atoms with Gasteiger partial charge in [0.2, 0.25) is 0 Å². The molecule has 0 aliphatic carbocycles. The van der Waals surface area contributed by atoms with E-state index in [0.29, 0.717) is 6.42 Å². The molecule has 1 atom stereocenters. The van der Waals surface area contributed by atoms with Crippen molar-refractivity contribution in [2.24, 2.45) is 0 Å². The van der Waals surface area contributed by atoms with Crippen molar-refractivity contribution in [3.8, 4) is 5.75 Å². The van der Waals surface area contributed by atoms with Crippen LogP contribution in [0.5, 0.6) is 5.75 Å². The first kappa shape index (κ1) is 13.7. The van der Waals surface area contributed by atoms with Gasteiger partial charge in [-0.15, -0.1) is 0 Å². The molecular weight excluding hydrogens is 262 g/mol. The standard InChI is InChI=1S/C18H19NO2/c1-18(2)16(13-7-4-3-5-8-13)12-17(19(18)21)14-9-6-10-15(20)11-14/h3-11,16,20H,12H2,1-2H3. The maximum atomic E-state index is 12.7. The third-order valence-electron chi connectivity index (χ3n) is 4.40. The number of aromatic hydroxyl groups is 1. The number of nitrogens with zero attached hydrogens (tertiary/aromatic N) is 1. The van der Waals surface area contributed by atoms with Crippen molar-refractivity contribution in [2.45, 2.75) is 31.7 Å². The molecular formula is C18H19NO2. The third kappa shape index (κ3) is 2.29. The zero-order valence-corrected chi connectivity index (χ0v) is 12.3. The molecule has 0 aromatic heterocycles. The minimum absolute atomic E-state index is 0.147. The Bertz CT molecular complexity index is 689. The van der Waals surface area contributed by atoms with E-state index in [0.717, 1.165) is 16.0 Å². The molecule has 1 heterocycles. The molecule has 2 aromatic rings. The number of rotatable bonds is 2. The summed E-state index contributed by atoms with van der Waals surface area (Å²) in [7, 11) is 0. The molecule has 1 unspecified atom stereocenters. The van der Waals surface area contributed by atoms with Crippen molar-refractivity contribution in [3.63, 3.8) is 0 Å². The molecule has 0 spiro atoms. The van der Waals surface area contributed by atoms with E-state index < -0.39 is 5.54 Å². The third-order valence-corrected chi connectivity index (χ3v) is 4.40. The topological polar surface area (TPSA) is 46.3 Å². The number of phenolic OH excluding ortho intramolecular Hbond substituents is 1. The first-order valence-electron chi connectivity index (χ1n) is 7.17.